The van der Waals surface area contributed by atoms with E-state index in [1.54, 1.807) is 11.1 Å². The van der Waals surface area contributed by atoms with Gasteiger partial charge < -0.3 is 0 Å². The van der Waals surface area contributed by atoms with Gasteiger partial charge >= 0.3 is 0 Å². The second kappa shape index (κ2) is 9.68. The van der Waals surface area contributed by atoms with Gasteiger partial charge in [0.1, 0.15) is 11.2 Å². The van der Waals surface area contributed by atoms with Crippen LogP contribution in [-0.2, 0) is 4.79 Å². The molecule has 6 rings (SSSR count). The standard InChI is InChI=1S/C30H22N4OS/c35-29-26(20-22-12-4-1-5-13-22)36-30(34(29)27-18-10-11-19-31-27)25-21-33(24-16-8-3-9-17-24)32-28(25)23-14-6-2-7-15-23/h1-21,30H. The zero-order valence-electron chi connectivity index (χ0n) is 19.3. The first kappa shape index (κ1) is 22.1. The number of pyridine rings is 1. The molecule has 0 radical (unpaired) electrons. The Hall–Kier alpha value is -4.42. The molecule has 1 atom stereocenters. The van der Waals surface area contributed by atoms with E-state index in [0.29, 0.717) is 10.7 Å². The third-order valence-electron chi connectivity index (χ3n) is 5.97. The average molecular weight is 487 g/mol. The summed E-state index contributed by atoms with van der Waals surface area (Å²) in [5, 5.41) is 4.66. The summed E-state index contributed by atoms with van der Waals surface area (Å²) in [5.41, 5.74) is 4.73. The van der Waals surface area contributed by atoms with E-state index < -0.39 is 0 Å². The minimum absolute atomic E-state index is 0.0703. The third kappa shape index (κ3) is 4.23. The first-order valence-electron chi connectivity index (χ1n) is 11.7. The Balaban J connectivity index is 1.52. The van der Waals surface area contributed by atoms with Gasteiger partial charge in [0.15, 0.2) is 0 Å². The van der Waals surface area contributed by atoms with Crippen molar-refractivity contribution in [2.75, 3.05) is 4.90 Å². The molecule has 0 bridgehead atoms. The topological polar surface area (TPSA) is 51.0 Å². The Labute approximate surface area is 213 Å². The minimum atomic E-state index is -0.324. The molecule has 6 heteroatoms. The summed E-state index contributed by atoms with van der Waals surface area (Å²) >= 11 is 1.53. The SMILES string of the molecule is O=C1C(=Cc2ccccc2)SC(c2cn(-c3ccccc3)nc2-c2ccccc2)N1c1ccccn1. The molecule has 1 saturated heterocycles. The van der Waals surface area contributed by atoms with Crippen LogP contribution in [0.25, 0.3) is 23.0 Å². The molecule has 1 unspecified atom stereocenters. The first-order chi connectivity index (χ1) is 17.8. The lowest BCUT2D eigenvalue weighted by Gasteiger charge is -2.22. The summed E-state index contributed by atoms with van der Waals surface area (Å²) in [5.74, 6) is 0.543. The molecular formula is C30H22N4OS. The van der Waals surface area contributed by atoms with Crippen LogP contribution in [0.1, 0.15) is 16.5 Å². The monoisotopic (exact) mass is 486 g/mol. The van der Waals surface area contributed by atoms with Gasteiger partial charge in [0.25, 0.3) is 5.91 Å². The normalized spacial score (nSPS) is 16.6. The predicted octanol–water partition coefficient (Wildman–Crippen LogP) is 6.75. The maximum atomic E-state index is 13.8. The van der Waals surface area contributed by atoms with Crippen LogP contribution >= 0.6 is 11.8 Å². The number of hydrogen-bond donors (Lipinski definition) is 0. The zero-order chi connectivity index (χ0) is 24.3. The number of benzene rings is 3. The summed E-state index contributed by atoms with van der Waals surface area (Å²) in [7, 11) is 0. The largest absolute Gasteiger partial charge is 0.275 e. The number of hydrogen-bond acceptors (Lipinski definition) is 4. The molecule has 5 aromatic rings. The summed E-state index contributed by atoms with van der Waals surface area (Å²) in [6.07, 6.45) is 5.70. The van der Waals surface area contributed by atoms with Crippen molar-refractivity contribution in [3.8, 4) is 16.9 Å². The van der Waals surface area contributed by atoms with Gasteiger partial charge in [-0.25, -0.2) is 9.67 Å². The smallest absolute Gasteiger partial charge is 0.267 e. The number of carbonyl (C=O) groups is 1. The molecule has 1 fully saturated rings. The van der Waals surface area contributed by atoms with Crippen LogP contribution in [-0.4, -0.2) is 20.7 Å². The van der Waals surface area contributed by atoms with E-state index in [9.17, 15) is 4.79 Å². The second-order valence-electron chi connectivity index (χ2n) is 8.33. The number of amides is 1. The van der Waals surface area contributed by atoms with Gasteiger partial charge in [-0.05, 0) is 35.9 Å². The quantitative estimate of drug-likeness (QED) is 0.258. The highest BCUT2D eigenvalue weighted by molar-refractivity contribution is 8.05. The van der Waals surface area contributed by atoms with Gasteiger partial charge in [0.05, 0.1) is 16.3 Å². The van der Waals surface area contributed by atoms with Crippen molar-refractivity contribution in [1.29, 1.82) is 0 Å². The highest BCUT2D eigenvalue weighted by Crippen LogP contribution is 2.50. The molecule has 0 saturated carbocycles. The zero-order valence-corrected chi connectivity index (χ0v) is 20.1. The van der Waals surface area contributed by atoms with Crippen molar-refractivity contribution in [2.45, 2.75) is 5.37 Å². The van der Waals surface area contributed by atoms with Gasteiger partial charge in [-0.1, -0.05) is 96.7 Å². The van der Waals surface area contributed by atoms with E-state index in [1.165, 1.54) is 11.8 Å². The predicted molar refractivity (Wildman–Crippen MR) is 145 cm³/mol. The first-order valence-corrected chi connectivity index (χ1v) is 12.5. The molecule has 36 heavy (non-hydrogen) atoms. The Kier molecular flexibility index (Phi) is 5.93. The Morgan fingerprint density at radius 2 is 1.44 bits per heavy atom. The Bertz CT molecular complexity index is 1520. The van der Waals surface area contributed by atoms with Crippen LogP contribution in [0, 0.1) is 0 Å². The summed E-state index contributed by atoms with van der Waals surface area (Å²) in [6.45, 7) is 0. The number of para-hydroxylation sites is 1. The van der Waals surface area contributed by atoms with E-state index in [0.717, 1.165) is 28.1 Å². The van der Waals surface area contributed by atoms with E-state index >= 15 is 0 Å². The maximum absolute atomic E-state index is 13.8. The Morgan fingerprint density at radius 1 is 0.778 bits per heavy atom. The molecule has 0 N–H and O–H groups in total. The molecular weight excluding hydrogens is 464 g/mol. The lowest BCUT2D eigenvalue weighted by Crippen LogP contribution is -2.28. The van der Waals surface area contributed by atoms with Crippen LogP contribution < -0.4 is 4.90 Å². The molecule has 1 aliphatic rings. The molecule has 3 heterocycles. The van der Waals surface area contributed by atoms with Gasteiger partial charge in [-0.15, -0.1) is 0 Å². The van der Waals surface area contributed by atoms with E-state index in [2.05, 4.69) is 17.1 Å². The number of nitrogens with zero attached hydrogens (tertiary/aromatic N) is 4. The van der Waals surface area contributed by atoms with Crippen molar-refractivity contribution >= 4 is 29.6 Å². The number of thioether (sulfide) groups is 1. The molecule has 174 valence electrons. The van der Waals surface area contributed by atoms with Gasteiger partial charge in [0.2, 0.25) is 0 Å². The van der Waals surface area contributed by atoms with Crippen LogP contribution in [0.5, 0.6) is 0 Å². The molecule has 0 aliphatic carbocycles. The van der Waals surface area contributed by atoms with Crippen molar-refractivity contribution in [3.05, 3.63) is 138 Å². The van der Waals surface area contributed by atoms with Crippen LogP contribution in [0.4, 0.5) is 5.82 Å². The van der Waals surface area contributed by atoms with E-state index in [-0.39, 0.29) is 11.3 Å². The third-order valence-corrected chi connectivity index (χ3v) is 7.21. The number of rotatable bonds is 5. The van der Waals surface area contributed by atoms with Crippen molar-refractivity contribution < 1.29 is 4.79 Å². The fourth-order valence-corrected chi connectivity index (χ4v) is 5.52. The van der Waals surface area contributed by atoms with Crippen LogP contribution in [0.2, 0.25) is 0 Å². The van der Waals surface area contributed by atoms with Crippen LogP contribution in [0.15, 0.2) is 126 Å². The highest BCUT2D eigenvalue weighted by atomic mass is 32.2. The minimum Gasteiger partial charge on any atom is -0.275 e. The summed E-state index contributed by atoms with van der Waals surface area (Å²) < 4.78 is 1.89. The van der Waals surface area contributed by atoms with Crippen LogP contribution in [0.3, 0.4) is 0 Å². The summed E-state index contributed by atoms with van der Waals surface area (Å²) in [6, 6.07) is 35.7. The molecule has 2 aromatic heterocycles. The molecule has 1 aliphatic heterocycles. The lowest BCUT2D eigenvalue weighted by molar-refractivity contribution is -0.114. The second-order valence-corrected chi connectivity index (χ2v) is 9.45. The van der Waals surface area contributed by atoms with E-state index in [4.69, 9.17) is 5.10 Å². The molecule has 3 aromatic carbocycles. The Morgan fingerprint density at radius 3 is 2.14 bits per heavy atom. The lowest BCUT2D eigenvalue weighted by atomic mass is 10.1. The van der Waals surface area contributed by atoms with Crippen molar-refractivity contribution in [3.63, 3.8) is 0 Å². The molecule has 1 amide bonds. The number of carbonyl (C=O) groups excluding carboxylic acids is 1. The molecule has 0 spiro atoms. The average Bonchev–Trinajstić information content (AvgIpc) is 3.52. The highest BCUT2D eigenvalue weighted by Gasteiger charge is 2.41. The fraction of sp³-hybridized carbons (Fsp3) is 0.0333. The van der Waals surface area contributed by atoms with Crippen molar-refractivity contribution in [2.24, 2.45) is 0 Å². The fourth-order valence-electron chi connectivity index (χ4n) is 4.27. The maximum Gasteiger partial charge on any atom is 0.267 e. The summed E-state index contributed by atoms with van der Waals surface area (Å²) in [4.78, 5) is 20.8. The number of aromatic nitrogens is 3. The van der Waals surface area contributed by atoms with Gasteiger partial charge in [-0.3, -0.25) is 9.69 Å². The van der Waals surface area contributed by atoms with E-state index in [1.807, 2.05) is 114 Å². The van der Waals surface area contributed by atoms with Gasteiger partial charge in [-0.2, -0.15) is 5.10 Å². The van der Waals surface area contributed by atoms with Gasteiger partial charge in [0, 0.05) is 23.5 Å². The van der Waals surface area contributed by atoms with Crippen molar-refractivity contribution in [1.82, 2.24) is 14.8 Å². The number of anilines is 1. The molecule has 5 nitrogen and oxygen atoms in total.